The molecule has 1 saturated heterocycles. The SMILES string of the molecule is FNc1cccc(Cl)n1.OC1CCOC(COc2cccc(Cl)n2)C1O. The quantitative estimate of drug-likeness (QED) is 0.531. The zero-order chi connectivity index (χ0) is 18.9. The van der Waals surface area contributed by atoms with Crippen molar-refractivity contribution in [2.24, 2.45) is 0 Å². The zero-order valence-electron chi connectivity index (χ0n) is 13.6. The summed E-state index contributed by atoms with van der Waals surface area (Å²) in [5.41, 5.74) is 1.37. The van der Waals surface area contributed by atoms with Crippen molar-refractivity contribution >= 4 is 29.0 Å². The molecule has 0 aliphatic carbocycles. The van der Waals surface area contributed by atoms with Gasteiger partial charge in [0.05, 0.1) is 6.10 Å². The van der Waals surface area contributed by atoms with Crippen molar-refractivity contribution in [2.75, 3.05) is 18.8 Å². The fourth-order valence-electron chi connectivity index (χ4n) is 2.10. The lowest BCUT2D eigenvalue weighted by Gasteiger charge is -2.31. The van der Waals surface area contributed by atoms with Crippen LogP contribution in [0.5, 0.6) is 5.88 Å². The summed E-state index contributed by atoms with van der Waals surface area (Å²) < 4.78 is 22.2. The van der Waals surface area contributed by atoms with E-state index in [-0.39, 0.29) is 17.6 Å². The summed E-state index contributed by atoms with van der Waals surface area (Å²) >= 11 is 11.1. The molecule has 0 saturated carbocycles. The molecule has 1 aliphatic heterocycles. The monoisotopic (exact) mass is 405 g/mol. The van der Waals surface area contributed by atoms with Gasteiger partial charge in [-0.1, -0.05) is 35.3 Å². The third kappa shape index (κ3) is 6.54. The first-order valence-electron chi connectivity index (χ1n) is 7.72. The predicted molar refractivity (Wildman–Crippen MR) is 95.1 cm³/mol. The number of nitrogens with zero attached hydrogens (tertiary/aromatic N) is 2. The van der Waals surface area contributed by atoms with Crippen molar-refractivity contribution in [2.45, 2.75) is 24.7 Å². The van der Waals surface area contributed by atoms with Crippen molar-refractivity contribution in [3.05, 3.63) is 46.7 Å². The van der Waals surface area contributed by atoms with Crippen LogP contribution in [0.4, 0.5) is 10.3 Å². The van der Waals surface area contributed by atoms with Crippen LogP contribution >= 0.6 is 23.2 Å². The van der Waals surface area contributed by atoms with E-state index < -0.39 is 18.3 Å². The molecule has 3 heterocycles. The average Bonchev–Trinajstić information content (AvgIpc) is 2.63. The summed E-state index contributed by atoms with van der Waals surface area (Å²) in [7, 11) is 0. The van der Waals surface area contributed by atoms with Gasteiger partial charge in [0, 0.05) is 12.7 Å². The summed E-state index contributed by atoms with van der Waals surface area (Å²) in [5, 5.41) is 19.8. The van der Waals surface area contributed by atoms with Gasteiger partial charge in [-0.25, -0.2) is 15.5 Å². The van der Waals surface area contributed by atoms with Crippen LogP contribution in [-0.2, 0) is 4.74 Å². The van der Waals surface area contributed by atoms with E-state index in [0.29, 0.717) is 24.1 Å². The van der Waals surface area contributed by atoms with E-state index in [1.165, 1.54) is 11.6 Å². The zero-order valence-corrected chi connectivity index (χ0v) is 15.1. The highest BCUT2D eigenvalue weighted by molar-refractivity contribution is 6.29. The van der Waals surface area contributed by atoms with Crippen molar-refractivity contribution in [3.63, 3.8) is 0 Å². The van der Waals surface area contributed by atoms with Crippen LogP contribution in [0.3, 0.4) is 0 Å². The lowest BCUT2D eigenvalue weighted by atomic mass is 10.0. The fourth-order valence-corrected chi connectivity index (χ4v) is 2.42. The summed E-state index contributed by atoms with van der Waals surface area (Å²) in [6.45, 7) is 0.542. The first kappa shape index (κ1) is 20.6. The average molecular weight is 406 g/mol. The molecule has 26 heavy (non-hydrogen) atoms. The smallest absolute Gasteiger partial charge is 0.214 e. The van der Waals surface area contributed by atoms with E-state index in [0.717, 1.165) is 0 Å². The van der Waals surface area contributed by atoms with Gasteiger partial charge in [0.25, 0.3) is 0 Å². The highest BCUT2D eigenvalue weighted by Crippen LogP contribution is 2.17. The van der Waals surface area contributed by atoms with Gasteiger partial charge in [-0.2, -0.15) is 0 Å². The Morgan fingerprint density at radius 1 is 1.15 bits per heavy atom. The second kappa shape index (κ2) is 10.4. The van der Waals surface area contributed by atoms with Crippen LogP contribution in [0.1, 0.15) is 6.42 Å². The number of nitrogens with one attached hydrogen (secondary N) is 1. The van der Waals surface area contributed by atoms with E-state index in [9.17, 15) is 14.7 Å². The number of rotatable bonds is 4. The highest BCUT2D eigenvalue weighted by Gasteiger charge is 2.31. The number of aliphatic hydroxyl groups is 2. The van der Waals surface area contributed by atoms with E-state index in [4.69, 9.17) is 32.7 Å². The van der Waals surface area contributed by atoms with Crippen LogP contribution < -0.4 is 10.3 Å². The number of aromatic nitrogens is 2. The number of pyridine rings is 2. The molecule has 1 aliphatic rings. The third-order valence-corrected chi connectivity index (χ3v) is 3.84. The summed E-state index contributed by atoms with van der Waals surface area (Å²) in [6.07, 6.45) is -1.79. The van der Waals surface area contributed by atoms with Crippen molar-refractivity contribution in [1.82, 2.24) is 9.97 Å². The molecule has 3 rings (SSSR count). The Morgan fingerprint density at radius 2 is 1.85 bits per heavy atom. The molecule has 1 fully saturated rings. The van der Waals surface area contributed by atoms with Crippen LogP contribution in [0.2, 0.25) is 10.3 Å². The Labute approximate surface area is 159 Å². The normalized spacial score (nSPS) is 22.1. The molecule has 7 nitrogen and oxygen atoms in total. The Kier molecular flexibility index (Phi) is 8.27. The first-order valence-corrected chi connectivity index (χ1v) is 8.47. The molecule has 2 aromatic rings. The molecule has 0 radical (unpaired) electrons. The number of aliphatic hydroxyl groups excluding tert-OH is 2. The van der Waals surface area contributed by atoms with Crippen LogP contribution in [0.25, 0.3) is 0 Å². The fraction of sp³-hybridized carbons (Fsp3) is 0.375. The number of hydrogen-bond acceptors (Lipinski definition) is 7. The van der Waals surface area contributed by atoms with Gasteiger partial charge in [-0.05, 0) is 24.6 Å². The van der Waals surface area contributed by atoms with Gasteiger partial charge in [0.15, 0.2) is 5.82 Å². The van der Waals surface area contributed by atoms with Gasteiger partial charge in [-0.15, -0.1) is 4.48 Å². The Bertz CT molecular complexity index is 698. The molecule has 0 bridgehead atoms. The molecular weight excluding hydrogens is 388 g/mol. The van der Waals surface area contributed by atoms with E-state index in [2.05, 4.69) is 9.97 Å². The lowest BCUT2D eigenvalue weighted by molar-refractivity contribution is -0.144. The topological polar surface area (TPSA) is 96.7 Å². The molecule has 2 aromatic heterocycles. The second-order valence-corrected chi connectivity index (χ2v) is 6.08. The largest absolute Gasteiger partial charge is 0.475 e. The van der Waals surface area contributed by atoms with Gasteiger partial charge in [0.2, 0.25) is 5.88 Å². The summed E-state index contributed by atoms with van der Waals surface area (Å²) in [5.74, 6) is 0.496. The third-order valence-electron chi connectivity index (χ3n) is 3.42. The van der Waals surface area contributed by atoms with Crippen LogP contribution in [-0.4, -0.2) is 51.7 Å². The van der Waals surface area contributed by atoms with Gasteiger partial charge >= 0.3 is 0 Å². The highest BCUT2D eigenvalue weighted by atomic mass is 35.5. The van der Waals surface area contributed by atoms with Gasteiger partial charge in [0.1, 0.15) is 29.1 Å². The molecule has 3 atom stereocenters. The number of ether oxygens (including phenoxy) is 2. The number of anilines is 1. The molecule has 142 valence electrons. The molecule has 3 N–H and O–H groups in total. The Morgan fingerprint density at radius 3 is 2.46 bits per heavy atom. The van der Waals surface area contributed by atoms with E-state index >= 15 is 0 Å². The summed E-state index contributed by atoms with van der Waals surface area (Å²) in [4.78, 5) is 7.52. The number of halogens is 3. The van der Waals surface area contributed by atoms with E-state index in [1.54, 1.807) is 30.3 Å². The van der Waals surface area contributed by atoms with E-state index in [1.807, 2.05) is 0 Å². The van der Waals surface area contributed by atoms with Crippen molar-refractivity contribution in [1.29, 1.82) is 0 Å². The maximum absolute atomic E-state index is 11.5. The van der Waals surface area contributed by atoms with Crippen molar-refractivity contribution in [3.8, 4) is 5.88 Å². The van der Waals surface area contributed by atoms with Crippen molar-refractivity contribution < 1.29 is 24.2 Å². The molecule has 0 amide bonds. The number of hydrogen-bond donors (Lipinski definition) is 3. The predicted octanol–water partition coefficient (Wildman–Crippen LogP) is 2.66. The maximum Gasteiger partial charge on any atom is 0.214 e. The van der Waals surface area contributed by atoms with Gasteiger partial charge < -0.3 is 19.7 Å². The first-order chi connectivity index (χ1) is 12.5. The Hall–Kier alpha value is -1.71. The van der Waals surface area contributed by atoms with Gasteiger partial charge in [-0.3, -0.25) is 0 Å². The Balaban J connectivity index is 0.000000228. The maximum atomic E-state index is 11.5. The minimum absolute atomic E-state index is 0.127. The minimum Gasteiger partial charge on any atom is -0.475 e. The second-order valence-electron chi connectivity index (χ2n) is 5.31. The lowest BCUT2D eigenvalue weighted by Crippen LogP contribution is -2.47. The van der Waals surface area contributed by atoms with Crippen LogP contribution in [0.15, 0.2) is 36.4 Å². The minimum atomic E-state index is -0.928. The standard InChI is InChI=1S/C11H14ClNO4.C5H4ClFN2/c12-9-2-1-3-10(13-9)17-6-8-11(15)7(14)4-5-16-8;6-4-2-1-3-5(8-4)9-7/h1-3,7-8,11,14-15H,4-6H2;1-3H,(H,8,9). The summed E-state index contributed by atoms with van der Waals surface area (Å²) in [6, 6.07) is 9.69. The molecule has 0 aromatic carbocycles. The van der Waals surface area contributed by atoms with Crippen LogP contribution in [0, 0.1) is 0 Å². The molecule has 0 spiro atoms. The molecule has 3 unspecified atom stereocenters. The molecular formula is C16H18Cl2FN3O4. The molecule has 10 heteroatoms.